The maximum atomic E-state index is 5.69. The molecule has 1 saturated carbocycles. The Balaban J connectivity index is 1.50. The molecule has 2 nitrogen and oxygen atoms in total. The Morgan fingerprint density at radius 1 is 0.870 bits per heavy atom. The van der Waals surface area contributed by atoms with E-state index in [2.05, 4.69) is 83.7 Å². The standard InChI is InChI=1S/C21H21NO/c1-23-21-19(20(21)17-10-6-3-7-11-17)15-22-13-12-18(14-22)16-8-4-2-5-9-16/h2-14,19-21H,15H2,1H3/t19-,20-,21+/m1/s1. The predicted molar refractivity (Wildman–Crippen MR) is 93.3 cm³/mol. The van der Waals surface area contributed by atoms with Crippen molar-refractivity contribution in [3.63, 3.8) is 0 Å². The normalized spacial score (nSPS) is 22.9. The molecular formula is C21H21NO. The second-order valence-electron chi connectivity index (χ2n) is 6.26. The Morgan fingerprint density at radius 3 is 2.26 bits per heavy atom. The average Bonchev–Trinajstić information content (AvgIpc) is 3.10. The van der Waals surface area contributed by atoms with E-state index in [-0.39, 0.29) is 0 Å². The lowest BCUT2D eigenvalue weighted by atomic mass is 10.1. The van der Waals surface area contributed by atoms with Crippen molar-refractivity contribution in [2.75, 3.05) is 7.11 Å². The van der Waals surface area contributed by atoms with Crippen LogP contribution in [0.2, 0.25) is 0 Å². The molecule has 3 aromatic rings. The summed E-state index contributed by atoms with van der Waals surface area (Å²) in [5, 5.41) is 0. The van der Waals surface area contributed by atoms with Gasteiger partial charge in [-0.2, -0.15) is 0 Å². The molecule has 4 rings (SSSR count). The highest BCUT2D eigenvalue weighted by atomic mass is 16.5. The first-order valence-electron chi connectivity index (χ1n) is 8.16. The van der Waals surface area contributed by atoms with E-state index in [1.807, 2.05) is 7.11 Å². The lowest BCUT2D eigenvalue weighted by molar-refractivity contribution is 0.163. The van der Waals surface area contributed by atoms with Crippen LogP contribution in [0.5, 0.6) is 0 Å². The minimum absolute atomic E-state index is 0.333. The summed E-state index contributed by atoms with van der Waals surface area (Å²) in [7, 11) is 1.83. The third-order valence-corrected chi connectivity index (χ3v) is 4.83. The summed E-state index contributed by atoms with van der Waals surface area (Å²) in [4.78, 5) is 0. The number of hydrogen-bond acceptors (Lipinski definition) is 1. The summed E-state index contributed by atoms with van der Waals surface area (Å²) in [6, 6.07) is 23.4. The quantitative estimate of drug-likeness (QED) is 0.673. The molecule has 0 unspecified atom stereocenters. The zero-order chi connectivity index (χ0) is 15.6. The highest BCUT2D eigenvalue weighted by Crippen LogP contribution is 2.50. The van der Waals surface area contributed by atoms with Gasteiger partial charge in [-0.25, -0.2) is 0 Å². The number of rotatable bonds is 5. The molecule has 0 radical (unpaired) electrons. The molecule has 1 fully saturated rings. The molecule has 1 aliphatic carbocycles. The van der Waals surface area contributed by atoms with Crippen molar-refractivity contribution in [3.8, 4) is 11.1 Å². The van der Waals surface area contributed by atoms with Gasteiger partial charge < -0.3 is 9.30 Å². The highest BCUT2D eigenvalue weighted by Gasteiger charge is 2.51. The first kappa shape index (κ1) is 14.3. The summed E-state index contributed by atoms with van der Waals surface area (Å²) < 4.78 is 7.98. The van der Waals surface area contributed by atoms with Crippen LogP contribution in [0.3, 0.4) is 0 Å². The van der Waals surface area contributed by atoms with Crippen LogP contribution in [0.15, 0.2) is 79.1 Å². The van der Waals surface area contributed by atoms with Crippen LogP contribution in [0, 0.1) is 5.92 Å². The van der Waals surface area contributed by atoms with Crippen LogP contribution in [-0.2, 0) is 11.3 Å². The molecule has 0 saturated heterocycles. The second kappa shape index (κ2) is 6.05. The number of hydrogen-bond donors (Lipinski definition) is 0. The molecule has 23 heavy (non-hydrogen) atoms. The van der Waals surface area contributed by atoms with Gasteiger partial charge in [0.1, 0.15) is 0 Å². The lowest BCUT2D eigenvalue weighted by Crippen LogP contribution is -2.00. The number of nitrogens with zero attached hydrogens (tertiary/aromatic N) is 1. The van der Waals surface area contributed by atoms with Gasteiger partial charge in [-0.05, 0) is 22.8 Å². The maximum absolute atomic E-state index is 5.69. The summed E-state index contributed by atoms with van der Waals surface area (Å²) >= 11 is 0. The fraction of sp³-hybridized carbons (Fsp3) is 0.238. The zero-order valence-electron chi connectivity index (χ0n) is 13.3. The van der Waals surface area contributed by atoms with Gasteiger partial charge in [-0.15, -0.1) is 0 Å². The van der Waals surface area contributed by atoms with Gasteiger partial charge in [-0.3, -0.25) is 0 Å². The average molecular weight is 303 g/mol. The minimum Gasteiger partial charge on any atom is -0.380 e. The van der Waals surface area contributed by atoms with E-state index in [0.717, 1.165) is 6.54 Å². The molecule has 2 heteroatoms. The first-order valence-corrected chi connectivity index (χ1v) is 8.16. The Kier molecular flexibility index (Phi) is 3.76. The number of methoxy groups -OCH3 is 1. The third kappa shape index (κ3) is 2.82. The van der Waals surface area contributed by atoms with Crippen molar-refractivity contribution < 1.29 is 4.74 Å². The lowest BCUT2D eigenvalue weighted by Gasteiger charge is -2.02. The van der Waals surface area contributed by atoms with E-state index in [1.54, 1.807) is 0 Å². The fourth-order valence-corrected chi connectivity index (χ4v) is 3.59. The van der Waals surface area contributed by atoms with E-state index in [1.165, 1.54) is 16.7 Å². The predicted octanol–water partition coefficient (Wildman–Crippen LogP) is 4.58. The van der Waals surface area contributed by atoms with Gasteiger partial charge in [-0.1, -0.05) is 60.7 Å². The van der Waals surface area contributed by atoms with Gasteiger partial charge in [0.05, 0.1) is 6.10 Å². The molecule has 1 aliphatic rings. The largest absolute Gasteiger partial charge is 0.380 e. The molecule has 0 aliphatic heterocycles. The highest BCUT2D eigenvalue weighted by molar-refractivity contribution is 5.62. The van der Waals surface area contributed by atoms with Crippen molar-refractivity contribution in [3.05, 3.63) is 84.7 Å². The van der Waals surface area contributed by atoms with Crippen LogP contribution in [0.4, 0.5) is 0 Å². The van der Waals surface area contributed by atoms with Crippen molar-refractivity contribution in [2.24, 2.45) is 5.92 Å². The summed E-state index contributed by atoms with van der Waals surface area (Å²) in [5.74, 6) is 1.07. The van der Waals surface area contributed by atoms with Gasteiger partial charge in [0.25, 0.3) is 0 Å². The molecule has 0 amide bonds. The first-order chi connectivity index (χ1) is 11.4. The molecule has 116 valence electrons. The van der Waals surface area contributed by atoms with Crippen molar-refractivity contribution in [2.45, 2.75) is 18.6 Å². The summed E-state index contributed by atoms with van der Waals surface area (Å²) in [5.41, 5.74) is 3.93. The number of ether oxygens (including phenoxy) is 1. The van der Waals surface area contributed by atoms with Gasteiger partial charge in [0.2, 0.25) is 0 Å². The Morgan fingerprint density at radius 2 is 1.57 bits per heavy atom. The van der Waals surface area contributed by atoms with Crippen LogP contribution in [-0.4, -0.2) is 17.8 Å². The number of benzene rings is 2. The van der Waals surface area contributed by atoms with Crippen molar-refractivity contribution >= 4 is 0 Å². The van der Waals surface area contributed by atoms with E-state index in [4.69, 9.17) is 4.74 Å². The smallest absolute Gasteiger partial charge is 0.0696 e. The molecule has 0 N–H and O–H groups in total. The SMILES string of the molecule is CO[C@H]1[C@H](Cn2ccc(-c3ccccc3)c2)[C@H]1c1ccccc1. The molecule has 0 bridgehead atoms. The molecule has 3 atom stereocenters. The second-order valence-corrected chi connectivity index (χ2v) is 6.26. The maximum Gasteiger partial charge on any atom is 0.0696 e. The van der Waals surface area contributed by atoms with E-state index < -0.39 is 0 Å². The van der Waals surface area contributed by atoms with Crippen LogP contribution >= 0.6 is 0 Å². The van der Waals surface area contributed by atoms with Gasteiger partial charge in [0.15, 0.2) is 0 Å². The summed E-state index contributed by atoms with van der Waals surface area (Å²) in [6.45, 7) is 1.00. The molecular weight excluding hydrogens is 282 g/mol. The summed E-state index contributed by atoms with van der Waals surface area (Å²) in [6.07, 6.45) is 4.75. The van der Waals surface area contributed by atoms with Crippen LogP contribution in [0.1, 0.15) is 11.5 Å². The fourth-order valence-electron chi connectivity index (χ4n) is 3.59. The molecule has 0 spiro atoms. The molecule has 2 aromatic carbocycles. The van der Waals surface area contributed by atoms with E-state index >= 15 is 0 Å². The molecule has 1 aromatic heterocycles. The van der Waals surface area contributed by atoms with E-state index in [0.29, 0.717) is 17.9 Å². The van der Waals surface area contributed by atoms with Crippen LogP contribution < -0.4 is 0 Å². The minimum atomic E-state index is 0.333. The van der Waals surface area contributed by atoms with Gasteiger partial charge in [0, 0.05) is 37.9 Å². The van der Waals surface area contributed by atoms with Gasteiger partial charge >= 0.3 is 0 Å². The number of aromatic nitrogens is 1. The van der Waals surface area contributed by atoms with E-state index in [9.17, 15) is 0 Å². The Hall–Kier alpha value is -2.32. The van der Waals surface area contributed by atoms with Crippen LogP contribution in [0.25, 0.3) is 11.1 Å². The van der Waals surface area contributed by atoms with Crippen molar-refractivity contribution in [1.29, 1.82) is 0 Å². The third-order valence-electron chi connectivity index (χ3n) is 4.83. The molecule has 1 heterocycles. The monoisotopic (exact) mass is 303 g/mol. The topological polar surface area (TPSA) is 14.2 Å². The Labute approximate surface area is 137 Å². The Bertz CT molecular complexity index is 763. The zero-order valence-corrected chi connectivity index (χ0v) is 13.3. The van der Waals surface area contributed by atoms with Crippen molar-refractivity contribution in [1.82, 2.24) is 4.57 Å².